The Kier molecular flexibility index (Phi) is 14.4. The van der Waals surface area contributed by atoms with Gasteiger partial charge in [-0.25, -0.2) is 0 Å². The fraction of sp³-hybridized carbons (Fsp3) is 0.667. The summed E-state index contributed by atoms with van der Waals surface area (Å²) in [6.45, 7) is 12.8. The lowest BCUT2D eigenvalue weighted by molar-refractivity contribution is -0.129. The highest BCUT2D eigenvalue weighted by Gasteiger charge is 2.17. The predicted octanol–water partition coefficient (Wildman–Crippen LogP) is 4.52. The molecule has 1 amide bonds. The maximum Gasteiger partial charge on any atom is 0.224 e. The van der Waals surface area contributed by atoms with E-state index in [-0.39, 0.29) is 36.0 Å². The van der Waals surface area contributed by atoms with Crippen molar-refractivity contribution in [3.8, 4) is 5.75 Å². The first-order chi connectivity index (χ1) is 14.9. The van der Waals surface area contributed by atoms with Crippen LogP contribution in [0.25, 0.3) is 0 Å². The molecule has 32 heavy (non-hydrogen) atoms. The van der Waals surface area contributed by atoms with Gasteiger partial charge in [-0.2, -0.15) is 0 Å². The molecule has 1 aliphatic heterocycles. The van der Waals surface area contributed by atoms with Crippen LogP contribution in [0.4, 0.5) is 5.69 Å². The van der Waals surface area contributed by atoms with Crippen LogP contribution in [0.15, 0.2) is 29.3 Å². The third kappa shape index (κ3) is 11.9. The van der Waals surface area contributed by atoms with Crippen molar-refractivity contribution in [1.82, 2.24) is 10.2 Å². The summed E-state index contributed by atoms with van der Waals surface area (Å²) >= 11 is 0. The van der Waals surface area contributed by atoms with Crippen LogP contribution in [-0.4, -0.2) is 62.3 Å². The number of amides is 1. The topological polar surface area (TPSA) is 75.2 Å². The first-order valence-corrected chi connectivity index (χ1v) is 11.6. The van der Waals surface area contributed by atoms with E-state index in [4.69, 9.17) is 9.47 Å². The highest BCUT2D eigenvalue weighted by molar-refractivity contribution is 14.0. The van der Waals surface area contributed by atoms with Crippen LogP contribution in [0.1, 0.15) is 53.4 Å². The second-order valence-corrected chi connectivity index (χ2v) is 8.63. The van der Waals surface area contributed by atoms with Crippen LogP contribution in [0.5, 0.6) is 5.75 Å². The molecule has 0 unspecified atom stereocenters. The maximum absolute atomic E-state index is 12.3. The normalized spacial score (nSPS) is 13.9. The Labute approximate surface area is 210 Å². The lowest BCUT2D eigenvalue weighted by Crippen LogP contribution is -2.35. The summed E-state index contributed by atoms with van der Waals surface area (Å²) in [6.07, 6.45) is 3.70. The van der Waals surface area contributed by atoms with Crippen molar-refractivity contribution in [2.75, 3.05) is 44.7 Å². The van der Waals surface area contributed by atoms with E-state index in [9.17, 15) is 4.79 Å². The number of hydrogen-bond acceptors (Lipinski definition) is 4. The van der Waals surface area contributed by atoms with Crippen molar-refractivity contribution >= 4 is 41.5 Å². The van der Waals surface area contributed by atoms with Crippen molar-refractivity contribution in [3.63, 3.8) is 0 Å². The number of hydrogen-bond donors (Lipinski definition) is 2. The Hall–Kier alpha value is -1.55. The molecule has 1 aromatic rings. The average Bonchev–Trinajstić information content (AvgIpc) is 3.26. The van der Waals surface area contributed by atoms with Gasteiger partial charge < -0.3 is 25.0 Å². The number of benzene rings is 1. The highest BCUT2D eigenvalue weighted by atomic mass is 127. The number of rotatable bonds is 12. The molecule has 0 saturated carbocycles. The Morgan fingerprint density at radius 1 is 1.12 bits per heavy atom. The molecule has 1 fully saturated rings. The molecule has 2 N–H and O–H groups in total. The van der Waals surface area contributed by atoms with Gasteiger partial charge in [0.25, 0.3) is 0 Å². The van der Waals surface area contributed by atoms with Gasteiger partial charge in [0.1, 0.15) is 5.75 Å². The van der Waals surface area contributed by atoms with Crippen LogP contribution in [0, 0.1) is 5.92 Å². The van der Waals surface area contributed by atoms with Gasteiger partial charge in [-0.05, 0) is 63.3 Å². The van der Waals surface area contributed by atoms with E-state index in [1.807, 2.05) is 43.0 Å². The van der Waals surface area contributed by atoms with Crippen molar-refractivity contribution in [1.29, 1.82) is 0 Å². The fourth-order valence-corrected chi connectivity index (χ4v) is 3.25. The zero-order valence-electron chi connectivity index (χ0n) is 20.1. The highest BCUT2D eigenvalue weighted by Crippen LogP contribution is 2.17. The summed E-state index contributed by atoms with van der Waals surface area (Å²) in [6, 6.07) is 7.82. The van der Waals surface area contributed by atoms with Gasteiger partial charge in [0, 0.05) is 51.5 Å². The zero-order chi connectivity index (χ0) is 22.5. The molecule has 0 bridgehead atoms. The van der Waals surface area contributed by atoms with Crippen molar-refractivity contribution < 1.29 is 14.3 Å². The van der Waals surface area contributed by atoms with E-state index in [2.05, 4.69) is 29.5 Å². The van der Waals surface area contributed by atoms with Crippen LogP contribution in [0.2, 0.25) is 0 Å². The summed E-state index contributed by atoms with van der Waals surface area (Å²) in [4.78, 5) is 18.9. The van der Waals surface area contributed by atoms with Gasteiger partial charge in [-0.15, -0.1) is 24.0 Å². The van der Waals surface area contributed by atoms with Crippen LogP contribution >= 0.6 is 24.0 Å². The number of nitrogens with one attached hydrogen (secondary N) is 2. The number of halogens is 1. The second kappa shape index (κ2) is 16.1. The average molecular weight is 561 g/mol. The molecule has 2 rings (SSSR count). The number of carbonyl (C=O) groups excluding carboxylic acids is 1. The molecular weight excluding hydrogens is 519 g/mol. The van der Waals surface area contributed by atoms with Crippen LogP contribution in [0.3, 0.4) is 0 Å². The van der Waals surface area contributed by atoms with Gasteiger partial charge in [0.15, 0.2) is 5.96 Å². The molecule has 1 aliphatic rings. The largest absolute Gasteiger partial charge is 0.491 e. The standard InChI is InChI=1S/C24H40N4O3.HI/c1-19(2)18-30-17-7-13-25-24(26-14-12-23(29)28-15-5-6-16-28)27-21-8-10-22(11-9-21)31-20(3)4;/h8-11,19-20H,5-7,12-18H2,1-4H3,(H2,25,26,27);1H. The monoisotopic (exact) mass is 560 g/mol. The summed E-state index contributed by atoms with van der Waals surface area (Å²) in [7, 11) is 0. The number of ether oxygens (including phenoxy) is 2. The van der Waals surface area contributed by atoms with Crippen LogP contribution in [-0.2, 0) is 9.53 Å². The molecule has 7 nitrogen and oxygen atoms in total. The Morgan fingerprint density at radius 3 is 2.44 bits per heavy atom. The first kappa shape index (κ1) is 28.5. The van der Waals surface area contributed by atoms with E-state index in [0.29, 0.717) is 38.0 Å². The maximum atomic E-state index is 12.3. The summed E-state index contributed by atoms with van der Waals surface area (Å²) in [5.74, 6) is 2.26. The molecule has 182 valence electrons. The number of likely N-dealkylation sites (tertiary alicyclic amines) is 1. The minimum Gasteiger partial charge on any atom is -0.491 e. The van der Waals surface area contributed by atoms with E-state index in [0.717, 1.165) is 50.4 Å². The van der Waals surface area contributed by atoms with Crippen molar-refractivity contribution in [2.45, 2.75) is 59.5 Å². The van der Waals surface area contributed by atoms with Gasteiger partial charge in [-0.3, -0.25) is 9.79 Å². The minimum absolute atomic E-state index is 0. The lowest BCUT2D eigenvalue weighted by atomic mass is 10.2. The van der Waals surface area contributed by atoms with Crippen molar-refractivity contribution in [2.24, 2.45) is 10.9 Å². The minimum atomic E-state index is 0. The van der Waals surface area contributed by atoms with Gasteiger partial charge in [-0.1, -0.05) is 13.8 Å². The first-order valence-electron chi connectivity index (χ1n) is 11.6. The fourth-order valence-electron chi connectivity index (χ4n) is 3.25. The number of aliphatic imine (C=N–C) groups is 1. The number of carbonyl (C=O) groups is 1. The quantitative estimate of drug-likeness (QED) is 0.170. The second-order valence-electron chi connectivity index (χ2n) is 8.63. The molecule has 0 aromatic heterocycles. The van der Waals surface area contributed by atoms with E-state index < -0.39 is 0 Å². The third-order valence-electron chi connectivity index (χ3n) is 4.75. The zero-order valence-corrected chi connectivity index (χ0v) is 22.4. The Morgan fingerprint density at radius 2 is 1.81 bits per heavy atom. The van der Waals surface area contributed by atoms with Gasteiger partial charge in [0.05, 0.1) is 6.10 Å². The molecule has 8 heteroatoms. The smallest absolute Gasteiger partial charge is 0.224 e. The number of nitrogens with zero attached hydrogens (tertiary/aromatic N) is 2. The molecule has 0 spiro atoms. The molecule has 0 atom stereocenters. The summed E-state index contributed by atoms with van der Waals surface area (Å²) in [5, 5.41) is 6.63. The van der Waals surface area contributed by atoms with Crippen LogP contribution < -0.4 is 15.4 Å². The van der Waals surface area contributed by atoms with E-state index in [1.54, 1.807) is 0 Å². The number of guanidine groups is 1. The summed E-state index contributed by atoms with van der Waals surface area (Å²) < 4.78 is 11.3. The molecule has 1 saturated heterocycles. The predicted molar refractivity (Wildman–Crippen MR) is 142 cm³/mol. The third-order valence-corrected chi connectivity index (χ3v) is 4.75. The van der Waals surface area contributed by atoms with Crippen molar-refractivity contribution in [3.05, 3.63) is 24.3 Å². The lowest BCUT2D eigenvalue weighted by Gasteiger charge is -2.17. The molecule has 0 aliphatic carbocycles. The summed E-state index contributed by atoms with van der Waals surface area (Å²) in [5.41, 5.74) is 0.921. The van der Waals surface area contributed by atoms with E-state index >= 15 is 0 Å². The van der Waals surface area contributed by atoms with Gasteiger partial charge in [0.2, 0.25) is 5.91 Å². The molecule has 1 heterocycles. The number of anilines is 1. The SMILES string of the molecule is CC(C)COCCCN=C(NCCC(=O)N1CCCC1)Nc1ccc(OC(C)C)cc1.I. The molecule has 1 aromatic carbocycles. The Balaban J connectivity index is 0.00000512. The molecule has 0 radical (unpaired) electrons. The Bertz CT molecular complexity index is 674. The van der Waals surface area contributed by atoms with E-state index in [1.165, 1.54) is 0 Å². The van der Waals surface area contributed by atoms with Gasteiger partial charge >= 0.3 is 0 Å². The molecular formula is C24H41IN4O3.